The van der Waals surface area contributed by atoms with Gasteiger partial charge in [0.05, 0.1) is 0 Å². The molecule has 0 atom stereocenters. The van der Waals surface area contributed by atoms with Crippen LogP contribution < -0.4 is 5.32 Å². The van der Waals surface area contributed by atoms with E-state index in [0.29, 0.717) is 11.6 Å². The Morgan fingerprint density at radius 3 is 2.60 bits per heavy atom. The number of amides is 1. The topological polar surface area (TPSA) is 54.9 Å². The first-order valence-electron chi connectivity index (χ1n) is 6.68. The molecule has 2 aromatic rings. The van der Waals surface area contributed by atoms with Gasteiger partial charge >= 0.3 is 0 Å². The Labute approximate surface area is 119 Å². The predicted molar refractivity (Wildman–Crippen MR) is 80.0 cm³/mol. The van der Waals surface area contributed by atoms with E-state index in [4.69, 9.17) is 0 Å². The summed E-state index contributed by atoms with van der Waals surface area (Å²) < 4.78 is 0. The fourth-order valence-corrected chi connectivity index (χ4v) is 2.10. The van der Waals surface area contributed by atoms with Crippen molar-refractivity contribution in [1.29, 1.82) is 0 Å². The number of hydrogen-bond donors (Lipinski definition) is 1. The molecular formula is C16H19N3O. The minimum Gasteiger partial charge on any atom is -0.320 e. The van der Waals surface area contributed by atoms with Crippen molar-refractivity contribution in [3.63, 3.8) is 0 Å². The Kier molecular flexibility index (Phi) is 4.13. The van der Waals surface area contributed by atoms with E-state index in [1.807, 2.05) is 32.0 Å². The van der Waals surface area contributed by atoms with Crippen molar-refractivity contribution in [2.24, 2.45) is 0 Å². The molecule has 0 radical (unpaired) electrons. The third kappa shape index (κ3) is 3.02. The van der Waals surface area contributed by atoms with Crippen LogP contribution in [-0.2, 0) is 0 Å². The number of anilines is 1. The second-order valence-electron chi connectivity index (χ2n) is 5.19. The molecule has 0 saturated heterocycles. The van der Waals surface area contributed by atoms with Crippen LogP contribution in [0.4, 0.5) is 5.69 Å². The molecule has 0 aliphatic carbocycles. The molecular weight excluding hydrogens is 250 g/mol. The van der Waals surface area contributed by atoms with Crippen molar-refractivity contribution in [1.82, 2.24) is 9.97 Å². The first-order chi connectivity index (χ1) is 9.49. The smallest absolute Gasteiger partial charge is 0.274 e. The number of carbonyl (C=O) groups excluding carboxylic acids is 1. The molecule has 4 nitrogen and oxygen atoms in total. The van der Waals surface area contributed by atoms with E-state index in [1.54, 1.807) is 6.07 Å². The second-order valence-corrected chi connectivity index (χ2v) is 5.19. The summed E-state index contributed by atoms with van der Waals surface area (Å²) in [6, 6.07) is 7.73. The van der Waals surface area contributed by atoms with Gasteiger partial charge in [0.1, 0.15) is 12.0 Å². The Hall–Kier alpha value is -2.23. The van der Waals surface area contributed by atoms with Gasteiger partial charge in [0.25, 0.3) is 5.91 Å². The SMILES string of the molecule is Cc1cc(C(=O)Nc2c(C)cccc2C(C)C)ncn1. The maximum Gasteiger partial charge on any atom is 0.274 e. The van der Waals surface area contributed by atoms with Crippen LogP contribution in [-0.4, -0.2) is 15.9 Å². The molecule has 1 aromatic carbocycles. The molecule has 4 heteroatoms. The second kappa shape index (κ2) is 5.82. The van der Waals surface area contributed by atoms with Crippen LogP contribution in [0, 0.1) is 13.8 Å². The Bertz CT molecular complexity index is 635. The van der Waals surface area contributed by atoms with Crippen molar-refractivity contribution in [3.8, 4) is 0 Å². The molecule has 0 aliphatic heterocycles. The first-order valence-corrected chi connectivity index (χ1v) is 6.68. The average Bonchev–Trinajstić information content (AvgIpc) is 2.40. The minimum atomic E-state index is -0.202. The first kappa shape index (κ1) is 14.2. The molecule has 104 valence electrons. The van der Waals surface area contributed by atoms with Gasteiger partial charge in [-0.15, -0.1) is 0 Å². The van der Waals surface area contributed by atoms with E-state index in [-0.39, 0.29) is 5.91 Å². The molecule has 1 aromatic heterocycles. The molecule has 20 heavy (non-hydrogen) atoms. The maximum absolute atomic E-state index is 12.3. The normalized spacial score (nSPS) is 10.7. The van der Waals surface area contributed by atoms with E-state index in [2.05, 4.69) is 29.1 Å². The number of hydrogen-bond acceptors (Lipinski definition) is 3. The minimum absolute atomic E-state index is 0.202. The van der Waals surface area contributed by atoms with Gasteiger partial charge in [-0.25, -0.2) is 9.97 Å². The fourth-order valence-electron chi connectivity index (χ4n) is 2.10. The lowest BCUT2D eigenvalue weighted by Crippen LogP contribution is -2.16. The van der Waals surface area contributed by atoms with Gasteiger partial charge in [0.2, 0.25) is 0 Å². The lowest BCUT2D eigenvalue weighted by Gasteiger charge is -2.16. The lowest BCUT2D eigenvalue weighted by atomic mass is 9.98. The highest BCUT2D eigenvalue weighted by atomic mass is 16.1. The van der Waals surface area contributed by atoms with Crippen molar-refractivity contribution in [2.45, 2.75) is 33.6 Å². The van der Waals surface area contributed by atoms with Crippen molar-refractivity contribution in [2.75, 3.05) is 5.32 Å². The van der Waals surface area contributed by atoms with E-state index in [9.17, 15) is 4.79 Å². The average molecular weight is 269 g/mol. The number of para-hydroxylation sites is 1. The lowest BCUT2D eigenvalue weighted by molar-refractivity contribution is 0.102. The number of aryl methyl sites for hydroxylation is 2. The summed E-state index contributed by atoms with van der Waals surface area (Å²) >= 11 is 0. The van der Waals surface area contributed by atoms with Crippen molar-refractivity contribution in [3.05, 3.63) is 53.1 Å². The third-order valence-electron chi connectivity index (χ3n) is 3.20. The van der Waals surface area contributed by atoms with Crippen LogP contribution in [0.1, 0.15) is 47.1 Å². The summed E-state index contributed by atoms with van der Waals surface area (Å²) in [5.41, 5.74) is 4.22. The Morgan fingerprint density at radius 2 is 1.95 bits per heavy atom. The highest BCUT2D eigenvalue weighted by molar-refractivity contribution is 6.03. The molecule has 1 heterocycles. The van der Waals surface area contributed by atoms with Gasteiger partial charge in [-0.1, -0.05) is 32.0 Å². The van der Waals surface area contributed by atoms with E-state index in [0.717, 1.165) is 22.5 Å². The molecule has 1 N–H and O–H groups in total. The highest BCUT2D eigenvalue weighted by Gasteiger charge is 2.14. The Balaban J connectivity index is 2.33. The van der Waals surface area contributed by atoms with Crippen LogP contribution >= 0.6 is 0 Å². The van der Waals surface area contributed by atoms with E-state index < -0.39 is 0 Å². The number of nitrogens with one attached hydrogen (secondary N) is 1. The van der Waals surface area contributed by atoms with Gasteiger partial charge in [-0.05, 0) is 37.0 Å². The molecule has 0 unspecified atom stereocenters. The zero-order valence-electron chi connectivity index (χ0n) is 12.3. The summed E-state index contributed by atoms with van der Waals surface area (Å²) in [7, 11) is 0. The van der Waals surface area contributed by atoms with Crippen LogP contribution in [0.15, 0.2) is 30.6 Å². The molecule has 0 bridgehead atoms. The zero-order chi connectivity index (χ0) is 14.7. The highest BCUT2D eigenvalue weighted by Crippen LogP contribution is 2.27. The summed E-state index contributed by atoms with van der Waals surface area (Å²) in [5.74, 6) is 0.143. The van der Waals surface area contributed by atoms with Crippen LogP contribution in [0.3, 0.4) is 0 Å². The van der Waals surface area contributed by atoms with Crippen LogP contribution in [0.5, 0.6) is 0 Å². The van der Waals surface area contributed by atoms with Gasteiger partial charge in [0.15, 0.2) is 0 Å². The number of benzene rings is 1. The van der Waals surface area contributed by atoms with E-state index in [1.165, 1.54) is 6.33 Å². The van der Waals surface area contributed by atoms with Crippen LogP contribution in [0.2, 0.25) is 0 Å². The number of rotatable bonds is 3. The molecule has 0 fully saturated rings. The monoisotopic (exact) mass is 269 g/mol. The zero-order valence-corrected chi connectivity index (χ0v) is 12.3. The van der Waals surface area contributed by atoms with Crippen LogP contribution in [0.25, 0.3) is 0 Å². The van der Waals surface area contributed by atoms with Gasteiger partial charge in [-0.2, -0.15) is 0 Å². The van der Waals surface area contributed by atoms with Crippen molar-refractivity contribution < 1.29 is 4.79 Å². The molecule has 2 rings (SSSR count). The third-order valence-corrected chi connectivity index (χ3v) is 3.20. The van der Waals surface area contributed by atoms with Gasteiger partial charge in [-0.3, -0.25) is 4.79 Å². The number of aromatic nitrogens is 2. The quantitative estimate of drug-likeness (QED) is 0.928. The summed E-state index contributed by atoms with van der Waals surface area (Å²) in [4.78, 5) is 20.3. The number of carbonyl (C=O) groups is 1. The largest absolute Gasteiger partial charge is 0.320 e. The molecule has 0 aliphatic rings. The summed E-state index contributed by atoms with van der Waals surface area (Å²) in [5, 5.41) is 2.97. The molecule has 0 saturated carbocycles. The summed E-state index contributed by atoms with van der Waals surface area (Å²) in [6.07, 6.45) is 1.41. The van der Waals surface area contributed by atoms with Gasteiger partial charge < -0.3 is 5.32 Å². The molecule has 0 spiro atoms. The van der Waals surface area contributed by atoms with Gasteiger partial charge in [0, 0.05) is 11.4 Å². The molecule has 1 amide bonds. The summed E-state index contributed by atoms with van der Waals surface area (Å²) in [6.45, 7) is 8.05. The predicted octanol–water partition coefficient (Wildman–Crippen LogP) is 3.47. The maximum atomic E-state index is 12.3. The number of nitrogens with zero attached hydrogens (tertiary/aromatic N) is 2. The fraction of sp³-hybridized carbons (Fsp3) is 0.312. The van der Waals surface area contributed by atoms with E-state index >= 15 is 0 Å². The van der Waals surface area contributed by atoms with Crippen molar-refractivity contribution >= 4 is 11.6 Å². The Morgan fingerprint density at radius 1 is 1.20 bits per heavy atom. The standard InChI is InChI=1S/C16H19N3O/c1-10(2)13-7-5-6-11(3)15(13)19-16(20)14-8-12(4)17-9-18-14/h5-10H,1-4H3,(H,19,20).